The number of methoxy groups -OCH3 is 2. The van der Waals surface area contributed by atoms with Gasteiger partial charge in [-0.3, -0.25) is 4.79 Å². The van der Waals surface area contributed by atoms with E-state index in [-0.39, 0.29) is 5.78 Å². The molecule has 0 spiro atoms. The number of aryl methyl sites for hydroxylation is 1. The number of fused-ring (bicyclic) bond motifs is 1. The lowest BCUT2D eigenvalue weighted by atomic mass is 9.86. The lowest BCUT2D eigenvalue weighted by molar-refractivity contribution is -0.152. The molecular weight excluding hydrogens is 372 g/mol. The smallest absolute Gasteiger partial charge is 0.347 e. The van der Waals surface area contributed by atoms with Crippen molar-refractivity contribution in [1.82, 2.24) is 0 Å². The van der Waals surface area contributed by atoms with Gasteiger partial charge in [0.25, 0.3) is 0 Å². The van der Waals surface area contributed by atoms with Crippen molar-refractivity contribution in [3.05, 3.63) is 58.7 Å². The van der Waals surface area contributed by atoms with Gasteiger partial charge >= 0.3 is 5.97 Å². The molecule has 1 aliphatic carbocycles. The summed E-state index contributed by atoms with van der Waals surface area (Å²) in [5.74, 6) is 0.654. The van der Waals surface area contributed by atoms with Crippen molar-refractivity contribution in [3.63, 3.8) is 0 Å². The Bertz CT molecular complexity index is 965. The van der Waals surface area contributed by atoms with Gasteiger partial charge in [-0.2, -0.15) is 0 Å². The average Bonchev–Trinajstić information content (AvgIpc) is 2.69. The number of rotatable bonds is 6. The molecule has 1 N–H and O–H groups in total. The number of carbonyl (C=O) groups excluding carboxylic acids is 1. The maximum Gasteiger partial charge on any atom is 0.347 e. The predicted molar refractivity (Wildman–Crippen MR) is 109 cm³/mol. The van der Waals surface area contributed by atoms with Crippen LogP contribution in [0.3, 0.4) is 0 Å². The third-order valence-corrected chi connectivity index (χ3v) is 4.88. The Labute approximate surface area is 169 Å². The Morgan fingerprint density at radius 2 is 1.66 bits per heavy atom. The first-order valence-corrected chi connectivity index (χ1v) is 9.27. The topological polar surface area (TPSA) is 82.1 Å². The van der Waals surface area contributed by atoms with Crippen LogP contribution in [0.4, 0.5) is 0 Å². The van der Waals surface area contributed by atoms with E-state index >= 15 is 0 Å². The van der Waals surface area contributed by atoms with Crippen LogP contribution in [0.15, 0.2) is 42.0 Å². The zero-order valence-corrected chi connectivity index (χ0v) is 16.9. The largest absolute Gasteiger partial charge is 0.497 e. The first-order valence-electron chi connectivity index (χ1n) is 9.27. The molecule has 0 amide bonds. The number of carbonyl (C=O) groups is 2. The SMILES string of the molecule is COc1cc(/C=C2\CCc3cc(OC(C)(C)C(=O)O)ccc3C2=O)cc(OC)c1. The van der Waals surface area contributed by atoms with E-state index in [0.717, 1.165) is 11.1 Å². The highest BCUT2D eigenvalue weighted by Crippen LogP contribution is 2.32. The summed E-state index contributed by atoms with van der Waals surface area (Å²) in [4.78, 5) is 24.2. The maximum atomic E-state index is 13.0. The van der Waals surface area contributed by atoms with Crippen LogP contribution in [-0.2, 0) is 11.2 Å². The van der Waals surface area contributed by atoms with E-state index in [9.17, 15) is 14.7 Å². The molecule has 2 aromatic rings. The number of allylic oxidation sites excluding steroid dienone is 1. The molecule has 0 atom stereocenters. The molecule has 2 aromatic carbocycles. The molecule has 0 fully saturated rings. The maximum absolute atomic E-state index is 13.0. The second kappa shape index (κ2) is 7.99. The quantitative estimate of drug-likeness (QED) is 0.739. The van der Waals surface area contributed by atoms with Gasteiger partial charge in [-0.1, -0.05) is 0 Å². The van der Waals surface area contributed by atoms with Gasteiger partial charge in [0.15, 0.2) is 11.4 Å². The minimum Gasteiger partial charge on any atom is -0.497 e. The number of Topliss-reactive ketones (excluding diaryl/α,β-unsaturated/α-hetero) is 1. The van der Waals surface area contributed by atoms with E-state index in [1.165, 1.54) is 13.8 Å². The highest BCUT2D eigenvalue weighted by Gasteiger charge is 2.30. The summed E-state index contributed by atoms with van der Waals surface area (Å²) in [6.07, 6.45) is 3.10. The van der Waals surface area contributed by atoms with Crippen LogP contribution in [-0.4, -0.2) is 36.7 Å². The van der Waals surface area contributed by atoms with Crippen LogP contribution < -0.4 is 14.2 Å². The zero-order valence-electron chi connectivity index (χ0n) is 16.9. The Morgan fingerprint density at radius 3 is 2.24 bits per heavy atom. The summed E-state index contributed by atoms with van der Waals surface area (Å²) in [7, 11) is 3.16. The molecule has 0 bridgehead atoms. The Balaban J connectivity index is 1.88. The molecule has 0 aliphatic heterocycles. The standard InChI is InChI=1S/C23H24O6/c1-23(2,22(25)26)29-17-7-8-20-15(12-17)5-6-16(21(20)24)9-14-10-18(27-3)13-19(11-14)28-4/h7-13H,5-6H2,1-4H3,(H,25,26)/b16-9+. The van der Waals surface area contributed by atoms with Crippen molar-refractivity contribution in [2.45, 2.75) is 32.3 Å². The highest BCUT2D eigenvalue weighted by atomic mass is 16.5. The average molecular weight is 396 g/mol. The lowest BCUT2D eigenvalue weighted by Gasteiger charge is -2.24. The lowest BCUT2D eigenvalue weighted by Crippen LogP contribution is -2.37. The Morgan fingerprint density at radius 1 is 1.00 bits per heavy atom. The number of hydrogen-bond donors (Lipinski definition) is 1. The molecule has 0 saturated heterocycles. The van der Waals surface area contributed by atoms with E-state index in [4.69, 9.17) is 14.2 Å². The number of benzene rings is 2. The molecule has 0 radical (unpaired) electrons. The normalized spacial score (nSPS) is 15.0. The number of hydrogen-bond acceptors (Lipinski definition) is 5. The summed E-state index contributed by atoms with van der Waals surface area (Å²) in [5.41, 5.74) is 1.65. The van der Waals surface area contributed by atoms with Crippen LogP contribution >= 0.6 is 0 Å². The van der Waals surface area contributed by atoms with Crippen molar-refractivity contribution in [2.24, 2.45) is 0 Å². The van der Waals surface area contributed by atoms with Gasteiger partial charge < -0.3 is 19.3 Å². The van der Waals surface area contributed by atoms with Crippen molar-refractivity contribution in [2.75, 3.05) is 14.2 Å². The third-order valence-electron chi connectivity index (χ3n) is 4.88. The Hall–Kier alpha value is -3.28. The van der Waals surface area contributed by atoms with Crippen molar-refractivity contribution < 1.29 is 28.9 Å². The molecule has 0 unspecified atom stereocenters. The first-order chi connectivity index (χ1) is 13.7. The number of carboxylic acid groups (broad SMARTS) is 1. The van der Waals surface area contributed by atoms with Crippen molar-refractivity contribution in [3.8, 4) is 17.2 Å². The number of aliphatic carboxylic acids is 1. The molecule has 1 aliphatic rings. The molecule has 0 aromatic heterocycles. The van der Waals surface area contributed by atoms with Crippen LogP contribution in [0, 0.1) is 0 Å². The van der Waals surface area contributed by atoms with Gasteiger partial charge in [0.1, 0.15) is 17.2 Å². The molecule has 3 rings (SSSR count). The fraction of sp³-hybridized carbons (Fsp3) is 0.304. The van der Waals surface area contributed by atoms with E-state index in [1.807, 2.05) is 18.2 Å². The molecule has 6 heteroatoms. The van der Waals surface area contributed by atoms with E-state index in [1.54, 1.807) is 38.5 Å². The second-order valence-electron chi connectivity index (χ2n) is 7.38. The second-order valence-corrected chi connectivity index (χ2v) is 7.38. The number of ether oxygens (including phenoxy) is 3. The minimum atomic E-state index is -1.34. The predicted octanol–water partition coefficient (Wildman–Crippen LogP) is 4.16. The van der Waals surface area contributed by atoms with Gasteiger partial charge in [0.05, 0.1) is 14.2 Å². The van der Waals surface area contributed by atoms with Crippen LogP contribution in [0.2, 0.25) is 0 Å². The summed E-state index contributed by atoms with van der Waals surface area (Å²) in [5, 5.41) is 9.23. The van der Waals surface area contributed by atoms with Gasteiger partial charge in [-0.05, 0) is 74.2 Å². The van der Waals surface area contributed by atoms with E-state index < -0.39 is 11.6 Å². The molecular formula is C23H24O6. The fourth-order valence-electron chi connectivity index (χ4n) is 3.21. The summed E-state index contributed by atoms with van der Waals surface area (Å²) < 4.78 is 16.2. The number of carboxylic acids is 1. The van der Waals surface area contributed by atoms with E-state index in [2.05, 4.69) is 0 Å². The van der Waals surface area contributed by atoms with Gasteiger partial charge in [-0.15, -0.1) is 0 Å². The Kier molecular flexibility index (Phi) is 5.64. The molecule has 6 nitrogen and oxygen atoms in total. The van der Waals surface area contributed by atoms with Gasteiger partial charge in [-0.25, -0.2) is 4.79 Å². The minimum absolute atomic E-state index is 0.0444. The van der Waals surface area contributed by atoms with Crippen molar-refractivity contribution >= 4 is 17.8 Å². The summed E-state index contributed by atoms with van der Waals surface area (Å²) in [6, 6.07) is 10.6. The highest BCUT2D eigenvalue weighted by molar-refractivity contribution is 6.13. The van der Waals surface area contributed by atoms with Gasteiger partial charge in [0, 0.05) is 17.2 Å². The van der Waals surface area contributed by atoms with E-state index in [0.29, 0.717) is 41.2 Å². The molecule has 0 saturated carbocycles. The summed E-state index contributed by atoms with van der Waals surface area (Å²) >= 11 is 0. The van der Waals surface area contributed by atoms with Gasteiger partial charge in [0.2, 0.25) is 0 Å². The van der Waals surface area contributed by atoms with Crippen LogP contribution in [0.5, 0.6) is 17.2 Å². The van der Waals surface area contributed by atoms with Crippen LogP contribution in [0.25, 0.3) is 6.08 Å². The summed E-state index contributed by atoms with van der Waals surface area (Å²) in [6.45, 7) is 2.98. The third kappa shape index (κ3) is 4.42. The molecule has 29 heavy (non-hydrogen) atoms. The zero-order chi connectivity index (χ0) is 21.2. The fourth-order valence-corrected chi connectivity index (χ4v) is 3.21. The number of ketones is 1. The molecule has 0 heterocycles. The monoisotopic (exact) mass is 396 g/mol. The molecule has 152 valence electrons. The first kappa shape index (κ1) is 20.5. The van der Waals surface area contributed by atoms with Crippen LogP contribution in [0.1, 0.15) is 41.8 Å². The van der Waals surface area contributed by atoms with Crippen molar-refractivity contribution in [1.29, 1.82) is 0 Å².